The molecule has 0 bridgehead atoms. The van der Waals surface area contributed by atoms with Crippen LogP contribution in [0.15, 0.2) is 53.4 Å². The lowest BCUT2D eigenvalue weighted by Crippen LogP contribution is -2.41. The molecule has 0 aliphatic carbocycles. The van der Waals surface area contributed by atoms with Crippen molar-refractivity contribution in [1.82, 2.24) is 14.5 Å². The smallest absolute Gasteiger partial charge is 0.317 e. The van der Waals surface area contributed by atoms with Crippen LogP contribution in [0.3, 0.4) is 0 Å². The fourth-order valence-corrected chi connectivity index (χ4v) is 4.77. The number of carbonyl (C=O) groups excluding carboxylic acids is 2. The number of anilines is 1. The first-order chi connectivity index (χ1) is 15.8. The molecule has 33 heavy (non-hydrogen) atoms. The molecule has 0 spiro atoms. The van der Waals surface area contributed by atoms with Gasteiger partial charge in [-0.1, -0.05) is 30.3 Å². The van der Waals surface area contributed by atoms with Crippen molar-refractivity contribution in [3.8, 4) is 0 Å². The highest BCUT2D eigenvalue weighted by Crippen LogP contribution is 2.24. The number of nitrogens with zero attached hydrogens (tertiary/aromatic N) is 2. The summed E-state index contributed by atoms with van der Waals surface area (Å²) in [5.74, 6) is -1.34. The molecular formula is C22H27FN4O5S. The minimum absolute atomic E-state index is 0.0339. The van der Waals surface area contributed by atoms with Crippen LogP contribution < -0.4 is 10.6 Å². The zero-order valence-corrected chi connectivity index (χ0v) is 19.1. The lowest BCUT2D eigenvalue weighted by molar-refractivity contribution is -0.116. The van der Waals surface area contributed by atoms with E-state index >= 15 is 0 Å². The van der Waals surface area contributed by atoms with Crippen molar-refractivity contribution in [1.29, 1.82) is 0 Å². The molecule has 1 heterocycles. The van der Waals surface area contributed by atoms with Crippen LogP contribution in [0.4, 0.5) is 14.9 Å². The monoisotopic (exact) mass is 478 g/mol. The van der Waals surface area contributed by atoms with E-state index in [1.807, 2.05) is 30.3 Å². The van der Waals surface area contributed by atoms with Crippen molar-refractivity contribution in [2.75, 3.05) is 45.2 Å². The summed E-state index contributed by atoms with van der Waals surface area (Å²) < 4.78 is 46.1. The minimum atomic E-state index is -4.05. The van der Waals surface area contributed by atoms with Gasteiger partial charge >= 0.3 is 6.03 Å². The Balaban J connectivity index is 1.52. The number of sulfonamides is 1. The molecule has 3 rings (SSSR count). The molecule has 0 atom stereocenters. The van der Waals surface area contributed by atoms with Crippen LogP contribution in [0.5, 0.6) is 0 Å². The van der Waals surface area contributed by atoms with Gasteiger partial charge < -0.3 is 20.3 Å². The summed E-state index contributed by atoms with van der Waals surface area (Å²) >= 11 is 0. The summed E-state index contributed by atoms with van der Waals surface area (Å²) in [6.07, 6.45) is -0.0339. The van der Waals surface area contributed by atoms with E-state index in [1.165, 1.54) is 11.0 Å². The van der Waals surface area contributed by atoms with Crippen LogP contribution in [-0.2, 0) is 26.1 Å². The number of hydrogen-bond donors (Lipinski definition) is 2. The van der Waals surface area contributed by atoms with Crippen molar-refractivity contribution in [3.05, 3.63) is 59.9 Å². The Morgan fingerprint density at radius 2 is 1.82 bits per heavy atom. The van der Waals surface area contributed by atoms with Crippen molar-refractivity contribution in [2.24, 2.45) is 0 Å². The van der Waals surface area contributed by atoms with Gasteiger partial charge in [0.15, 0.2) is 0 Å². The van der Waals surface area contributed by atoms with Crippen LogP contribution in [0.1, 0.15) is 12.0 Å². The zero-order valence-electron chi connectivity index (χ0n) is 18.3. The number of urea groups is 1. The molecule has 9 nitrogen and oxygen atoms in total. The second-order valence-corrected chi connectivity index (χ2v) is 9.44. The van der Waals surface area contributed by atoms with Gasteiger partial charge in [-0.15, -0.1) is 0 Å². The molecule has 1 fully saturated rings. The van der Waals surface area contributed by atoms with E-state index in [1.54, 1.807) is 7.05 Å². The zero-order chi connectivity index (χ0) is 23.8. The Bertz CT molecular complexity index is 1080. The quantitative estimate of drug-likeness (QED) is 0.604. The summed E-state index contributed by atoms with van der Waals surface area (Å²) in [5.41, 5.74) is 1.13. The van der Waals surface area contributed by atoms with E-state index < -0.39 is 26.6 Å². The molecule has 11 heteroatoms. The Kier molecular flexibility index (Phi) is 8.37. The molecule has 0 aromatic heterocycles. The average Bonchev–Trinajstić information content (AvgIpc) is 2.81. The molecule has 0 radical (unpaired) electrons. The van der Waals surface area contributed by atoms with Gasteiger partial charge in [-0.3, -0.25) is 4.79 Å². The van der Waals surface area contributed by atoms with E-state index in [4.69, 9.17) is 4.74 Å². The van der Waals surface area contributed by atoms with Crippen LogP contribution in [-0.4, -0.2) is 69.5 Å². The number of hydrogen-bond acceptors (Lipinski definition) is 5. The molecular weight excluding hydrogens is 451 g/mol. The fraction of sp³-hybridized carbons (Fsp3) is 0.364. The Labute approximate surface area is 192 Å². The maximum absolute atomic E-state index is 14.3. The molecule has 2 aromatic rings. The van der Waals surface area contributed by atoms with Crippen LogP contribution >= 0.6 is 0 Å². The van der Waals surface area contributed by atoms with Crippen molar-refractivity contribution >= 4 is 27.6 Å². The van der Waals surface area contributed by atoms with Gasteiger partial charge in [-0.05, 0) is 23.8 Å². The predicted octanol–water partition coefficient (Wildman–Crippen LogP) is 2.02. The van der Waals surface area contributed by atoms with E-state index in [2.05, 4.69) is 10.6 Å². The van der Waals surface area contributed by atoms with E-state index in [0.29, 0.717) is 6.54 Å². The molecule has 0 unspecified atom stereocenters. The number of rotatable bonds is 8. The van der Waals surface area contributed by atoms with Crippen molar-refractivity contribution < 1.29 is 27.1 Å². The van der Waals surface area contributed by atoms with Gasteiger partial charge in [0.2, 0.25) is 15.9 Å². The van der Waals surface area contributed by atoms with Gasteiger partial charge in [0.25, 0.3) is 0 Å². The summed E-state index contributed by atoms with van der Waals surface area (Å²) in [5, 5.41) is 5.21. The van der Waals surface area contributed by atoms with Gasteiger partial charge in [-0.2, -0.15) is 4.31 Å². The number of ether oxygens (including phenoxy) is 1. The highest BCUT2D eigenvalue weighted by Gasteiger charge is 2.29. The molecule has 1 aliphatic heterocycles. The predicted molar refractivity (Wildman–Crippen MR) is 121 cm³/mol. The van der Waals surface area contributed by atoms with Crippen LogP contribution in [0, 0.1) is 5.82 Å². The maximum Gasteiger partial charge on any atom is 0.317 e. The highest BCUT2D eigenvalue weighted by atomic mass is 32.2. The SMILES string of the molecule is CN(Cc1ccccc1)C(=O)NCCC(=O)Nc1ccc(F)c(S(=O)(=O)N2CCOCC2)c1. The van der Waals surface area contributed by atoms with E-state index in [9.17, 15) is 22.4 Å². The van der Waals surface area contributed by atoms with Crippen LogP contribution in [0.25, 0.3) is 0 Å². The first-order valence-electron chi connectivity index (χ1n) is 10.5. The number of halogens is 1. The van der Waals surface area contributed by atoms with Crippen molar-refractivity contribution in [2.45, 2.75) is 17.9 Å². The topological polar surface area (TPSA) is 108 Å². The number of morpholine rings is 1. The molecule has 1 aliphatic rings. The molecule has 0 saturated carbocycles. The van der Waals surface area contributed by atoms with Gasteiger partial charge in [0.1, 0.15) is 10.7 Å². The molecule has 2 aromatic carbocycles. The third-order valence-corrected chi connectivity index (χ3v) is 6.95. The summed E-state index contributed by atoms with van der Waals surface area (Å²) in [4.78, 5) is 25.4. The Morgan fingerprint density at radius 1 is 1.12 bits per heavy atom. The number of nitrogens with one attached hydrogen (secondary N) is 2. The highest BCUT2D eigenvalue weighted by molar-refractivity contribution is 7.89. The average molecular weight is 479 g/mol. The second-order valence-electron chi connectivity index (χ2n) is 7.53. The normalized spacial score (nSPS) is 14.5. The van der Waals surface area contributed by atoms with Crippen LogP contribution in [0.2, 0.25) is 0 Å². The minimum Gasteiger partial charge on any atom is -0.379 e. The third-order valence-electron chi connectivity index (χ3n) is 5.04. The summed E-state index contributed by atoms with van der Waals surface area (Å²) in [7, 11) is -2.40. The largest absolute Gasteiger partial charge is 0.379 e. The number of carbonyl (C=O) groups is 2. The fourth-order valence-electron chi connectivity index (χ4n) is 3.28. The first-order valence-corrected chi connectivity index (χ1v) is 11.9. The number of amides is 3. The summed E-state index contributed by atoms with van der Waals surface area (Å²) in [6, 6.07) is 12.6. The maximum atomic E-state index is 14.3. The Morgan fingerprint density at radius 3 is 2.52 bits per heavy atom. The number of benzene rings is 2. The van der Waals surface area contributed by atoms with E-state index in [-0.39, 0.29) is 51.0 Å². The van der Waals surface area contributed by atoms with Gasteiger partial charge in [-0.25, -0.2) is 17.6 Å². The lowest BCUT2D eigenvalue weighted by Gasteiger charge is -2.26. The van der Waals surface area contributed by atoms with Crippen molar-refractivity contribution in [3.63, 3.8) is 0 Å². The lowest BCUT2D eigenvalue weighted by atomic mass is 10.2. The molecule has 2 N–H and O–H groups in total. The molecule has 178 valence electrons. The summed E-state index contributed by atoms with van der Waals surface area (Å²) in [6.45, 7) is 1.26. The molecule has 1 saturated heterocycles. The Hall–Kier alpha value is -3.02. The van der Waals surface area contributed by atoms with E-state index in [0.717, 1.165) is 22.0 Å². The first kappa shape index (κ1) is 24.6. The van der Waals surface area contributed by atoms with Gasteiger partial charge in [0, 0.05) is 45.3 Å². The van der Waals surface area contributed by atoms with Gasteiger partial charge in [0.05, 0.1) is 13.2 Å². The second kappa shape index (κ2) is 11.2. The standard InChI is InChI=1S/C22H27FN4O5S/c1-26(16-17-5-3-2-4-6-17)22(29)24-10-9-21(28)25-18-7-8-19(23)20(15-18)33(30,31)27-11-13-32-14-12-27/h2-8,15H,9-14,16H2,1H3,(H,24,29)(H,25,28). The molecule has 3 amide bonds. The third kappa shape index (κ3) is 6.73.